The van der Waals surface area contributed by atoms with E-state index in [0.717, 1.165) is 6.16 Å². The first-order valence-electron chi connectivity index (χ1n) is 5.34. The van der Waals surface area contributed by atoms with Gasteiger partial charge in [-0.1, -0.05) is 31.5 Å². The van der Waals surface area contributed by atoms with Crippen molar-refractivity contribution < 1.29 is 4.74 Å². The molecular weight excluding hydrogens is 227 g/mol. The number of rotatable bonds is 6. The number of benzene rings is 1. The van der Waals surface area contributed by atoms with Crippen LogP contribution in [0, 0.1) is 0 Å². The highest BCUT2D eigenvalue weighted by Crippen LogP contribution is 2.63. The van der Waals surface area contributed by atoms with Crippen molar-refractivity contribution in [2.24, 2.45) is 0 Å². The first-order valence-corrected chi connectivity index (χ1v) is 8.40. The molecule has 0 aliphatic carbocycles. The second-order valence-corrected chi connectivity index (χ2v) is 8.58. The predicted octanol–water partition coefficient (Wildman–Crippen LogP) is 3.89. The van der Waals surface area contributed by atoms with Gasteiger partial charge in [-0.25, -0.2) is 0 Å². The molecule has 0 bridgehead atoms. The van der Waals surface area contributed by atoms with Gasteiger partial charge in [0.2, 0.25) is 0 Å². The van der Waals surface area contributed by atoms with Crippen molar-refractivity contribution in [2.75, 3.05) is 19.6 Å². The van der Waals surface area contributed by atoms with Crippen molar-refractivity contribution in [1.29, 1.82) is 0 Å². The summed E-state index contributed by atoms with van der Waals surface area (Å²) >= 11 is 6.73. The molecule has 0 aliphatic rings. The van der Waals surface area contributed by atoms with Crippen LogP contribution in [0.3, 0.4) is 0 Å². The largest absolute Gasteiger partial charge is 0.348 e. The zero-order chi connectivity index (χ0) is 11.1. The van der Waals surface area contributed by atoms with Crippen LogP contribution in [0.4, 0.5) is 0 Å². The van der Waals surface area contributed by atoms with E-state index in [1.807, 2.05) is 18.2 Å². The topological polar surface area (TPSA) is 9.23 Å². The molecule has 0 saturated carbocycles. The molecule has 1 atom stereocenters. The fourth-order valence-electron chi connectivity index (χ4n) is 1.58. The summed E-state index contributed by atoms with van der Waals surface area (Å²) in [5, 5.41) is 1.27. The second kappa shape index (κ2) is 6.48. The molecule has 0 spiro atoms. The summed E-state index contributed by atoms with van der Waals surface area (Å²) in [7, 11) is 1.73. The Labute approximate surface area is 97.9 Å². The monoisotopic (exact) mass is 245 g/mol. The van der Waals surface area contributed by atoms with Crippen LogP contribution in [-0.4, -0.2) is 19.6 Å². The summed E-state index contributed by atoms with van der Waals surface area (Å²) in [4.78, 5) is 0. The Bertz CT molecular complexity index is 278. The summed E-state index contributed by atoms with van der Waals surface area (Å²) < 4.78 is 5.28. The molecule has 1 rings (SSSR count). The van der Waals surface area contributed by atoms with Crippen LogP contribution in [0.2, 0.25) is 0 Å². The van der Waals surface area contributed by atoms with Gasteiger partial charge in [0.25, 0.3) is 0 Å². The molecule has 0 aliphatic heterocycles. The molecule has 0 N–H and O–H groups in total. The van der Waals surface area contributed by atoms with E-state index in [9.17, 15) is 0 Å². The predicted molar refractivity (Wildman–Crippen MR) is 70.5 cm³/mol. The van der Waals surface area contributed by atoms with Crippen molar-refractivity contribution in [3.8, 4) is 0 Å². The van der Waals surface area contributed by atoms with E-state index in [1.54, 1.807) is 7.11 Å². The Balaban J connectivity index is 2.80. The molecule has 3 heteroatoms. The van der Waals surface area contributed by atoms with Gasteiger partial charge in [-0.15, -0.1) is 0 Å². The van der Waals surface area contributed by atoms with Gasteiger partial charge in [0.05, 0.1) is 17.4 Å². The average Bonchev–Trinajstić information content (AvgIpc) is 2.28. The van der Waals surface area contributed by atoms with Crippen molar-refractivity contribution in [2.45, 2.75) is 19.8 Å². The highest BCUT2D eigenvalue weighted by Gasteiger charge is 2.38. The lowest BCUT2D eigenvalue weighted by molar-refractivity contribution is 0.254. The van der Waals surface area contributed by atoms with Crippen LogP contribution in [0.5, 0.6) is 0 Å². The van der Waals surface area contributed by atoms with E-state index in [0.29, 0.717) is 6.35 Å². The Morgan fingerprint density at radius 1 is 1.27 bits per heavy atom. The molecule has 0 radical (unpaired) electrons. The molecule has 84 valence electrons. The lowest BCUT2D eigenvalue weighted by Crippen LogP contribution is -2.13. The summed E-state index contributed by atoms with van der Waals surface area (Å²) in [6, 6.07) is 10.4. The molecule has 0 heterocycles. The number of hydrogen-bond acceptors (Lipinski definition) is 1. The van der Waals surface area contributed by atoms with E-state index >= 15 is 0 Å². The fourth-order valence-corrected chi connectivity index (χ4v) is 5.04. The third-order valence-electron chi connectivity index (χ3n) is 2.42. The highest BCUT2D eigenvalue weighted by molar-refractivity contribution is 8.04. The molecule has 1 aromatic carbocycles. The third-order valence-corrected chi connectivity index (χ3v) is 6.72. The van der Waals surface area contributed by atoms with Crippen LogP contribution in [0.1, 0.15) is 19.8 Å². The minimum atomic E-state index is -1.59. The molecule has 0 fully saturated rings. The molecular formula is C12H19ClOP+. The maximum atomic E-state index is 6.73. The summed E-state index contributed by atoms with van der Waals surface area (Å²) in [5.41, 5.74) is 0. The van der Waals surface area contributed by atoms with Gasteiger partial charge in [0.1, 0.15) is 5.30 Å². The fraction of sp³-hybridized carbons (Fsp3) is 0.500. The zero-order valence-electron chi connectivity index (χ0n) is 9.45. The molecule has 1 unspecified atom stereocenters. The maximum Gasteiger partial charge on any atom is 0.177 e. The first-order chi connectivity index (χ1) is 7.23. The molecule has 1 aromatic rings. The zero-order valence-corrected chi connectivity index (χ0v) is 11.1. The third kappa shape index (κ3) is 3.75. The van der Waals surface area contributed by atoms with Crippen LogP contribution in [-0.2, 0) is 4.74 Å². The van der Waals surface area contributed by atoms with Gasteiger partial charge in [-0.05, 0) is 18.6 Å². The Morgan fingerprint density at radius 2 is 1.93 bits per heavy atom. The smallest absolute Gasteiger partial charge is 0.177 e. The first kappa shape index (κ1) is 13.0. The molecule has 0 amide bonds. The van der Waals surface area contributed by atoms with Crippen molar-refractivity contribution in [3.05, 3.63) is 30.3 Å². The standard InChI is InChI=1S/C12H19ClOP/c1-3-4-10-15(13,11-14-2)12-8-6-5-7-9-12/h5-9H,3-4,10-11H2,1-2H3/q+1. The Morgan fingerprint density at radius 3 is 2.47 bits per heavy atom. The molecule has 0 aromatic heterocycles. The van der Waals surface area contributed by atoms with Crippen molar-refractivity contribution in [1.82, 2.24) is 0 Å². The quantitative estimate of drug-likeness (QED) is 0.691. The number of halogens is 1. The summed E-state index contributed by atoms with van der Waals surface area (Å²) in [6.45, 7) is 0.605. The Hall–Kier alpha value is -0.100. The van der Waals surface area contributed by atoms with E-state index in [-0.39, 0.29) is 0 Å². The number of unbranched alkanes of at least 4 members (excludes halogenated alkanes) is 1. The summed E-state index contributed by atoms with van der Waals surface area (Å²) in [5.74, 6) is 0. The minimum absolute atomic E-state index is 0.679. The van der Waals surface area contributed by atoms with E-state index in [4.69, 9.17) is 16.0 Å². The van der Waals surface area contributed by atoms with Crippen LogP contribution < -0.4 is 5.30 Å². The Kier molecular flexibility index (Phi) is 5.60. The maximum absolute atomic E-state index is 6.73. The number of ether oxygens (including phenoxy) is 1. The van der Waals surface area contributed by atoms with Gasteiger partial charge < -0.3 is 4.74 Å². The van der Waals surface area contributed by atoms with Gasteiger partial charge >= 0.3 is 0 Å². The number of methoxy groups -OCH3 is 1. The van der Waals surface area contributed by atoms with E-state index < -0.39 is 6.62 Å². The normalized spacial score (nSPS) is 14.9. The molecule has 15 heavy (non-hydrogen) atoms. The average molecular weight is 246 g/mol. The lowest BCUT2D eigenvalue weighted by atomic mass is 10.4. The van der Waals surface area contributed by atoms with Crippen LogP contribution in [0.25, 0.3) is 0 Å². The van der Waals surface area contributed by atoms with E-state index in [2.05, 4.69) is 19.1 Å². The minimum Gasteiger partial charge on any atom is -0.348 e. The SMILES string of the molecule is CCCC[P+](Cl)(COC)c1ccccc1. The van der Waals surface area contributed by atoms with Crippen molar-refractivity contribution >= 4 is 23.2 Å². The van der Waals surface area contributed by atoms with Gasteiger partial charge in [0.15, 0.2) is 13.0 Å². The lowest BCUT2D eigenvalue weighted by Gasteiger charge is -2.17. The van der Waals surface area contributed by atoms with Gasteiger partial charge in [0, 0.05) is 7.11 Å². The second-order valence-electron chi connectivity index (χ2n) is 3.69. The number of hydrogen-bond donors (Lipinski definition) is 0. The summed E-state index contributed by atoms with van der Waals surface area (Å²) in [6.07, 6.45) is 4.11. The van der Waals surface area contributed by atoms with E-state index in [1.165, 1.54) is 18.1 Å². The van der Waals surface area contributed by atoms with Crippen LogP contribution in [0.15, 0.2) is 30.3 Å². The van der Waals surface area contributed by atoms with Gasteiger partial charge in [-0.3, -0.25) is 0 Å². The van der Waals surface area contributed by atoms with Crippen LogP contribution >= 0.6 is 17.9 Å². The van der Waals surface area contributed by atoms with Gasteiger partial charge in [-0.2, -0.15) is 0 Å². The van der Waals surface area contributed by atoms with Crippen molar-refractivity contribution in [3.63, 3.8) is 0 Å². The highest BCUT2D eigenvalue weighted by atomic mass is 35.7. The molecule has 0 saturated heterocycles. The molecule has 1 nitrogen and oxygen atoms in total.